The van der Waals surface area contributed by atoms with Crippen molar-refractivity contribution >= 4 is 11.9 Å². The second-order valence-electron chi connectivity index (χ2n) is 6.34. The number of aryl methyl sites for hydroxylation is 1. The Morgan fingerprint density at radius 2 is 1.88 bits per heavy atom. The molecule has 0 bridgehead atoms. The van der Waals surface area contributed by atoms with E-state index in [0.29, 0.717) is 18.4 Å². The monoisotopic (exact) mass is 328 g/mol. The molecule has 0 aromatic heterocycles. The third-order valence-electron chi connectivity index (χ3n) is 4.53. The molecule has 0 radical (unpaired) electrons. The number of nitrogens with one attached hydrogen (secondary N) is 1. The normalized spacial score (nSPS) is 17.4. The summed E-state index contributed by atoms with van der Waals surface area (Å²) in [5.74, 6) is -0.952. The van der Waals surface area contributed by atoms with Crippen LogP contribution in [0.5, 0.6) is 0 Å². The lowest BCUT2D eigenvalue weighted by Crippen LogP contribution is -2.52. The van der Waals surface area contributed by atoms with E-state index < -0.39 is 23.5 Å². The van der Waals surface area contributed by atoms with Crippen LogP contribution in [0.2, 0.25) is 0 Å². The van der Waals surface area contributed by atoms with Gasteiger partial charge in [0.05, 0.1) is 11.6 Å². The lowest BCUT2D eigenvalue weighted by Gasteiger charge is -2.32. The summed E-state index contributed by atoms with van der Waals surface area (Å²) in [5, 5.41) is 12.2. The van der Waals surface area contributed by atoms with E-state index >= 15 is 0 Å². The summed E-state index contributed by atoms with van der Waals surface area (Å²) in [6.07, 6.45) is 4.18. The minimum Gasteiger partial charge on any atom is -0.449 e. The van der Waals surface area contributed by atoms with Crippen LogP contribution in [0.15, 0.2) is 24.3 Å². The van der Waals surface area contributed by atoms with E-state index in [1.807, 2.05) is 19.1 Å². The number of nitrogens with zero attached hydrogens (tertiary/aromatic N) is 1. The van der Waals surface area contributed by atoms with Crippen LogP contribution in [0.4, 0.5) is 0 Å². The fourth-order valence-corrected chi connectivity index (χ4v) is 2.92. The molecule has 1 N–H and O–H groups in total. The van der Waals surface area contributed by atoms with Crippen molar-refractivity contribution in [1.82, 2.24) is 5.32 Å². The number of carbonyl (C=O) groups excluding carboxylic acids is 2. The van der Waals surface area contributed by atoms with Crippen LogP contribution in [-0.4, -0.2) is 23.5 Å². The van der Waals surface area contributed by atoms with Gasteiger partial charge in [-0.2, -0.15) is 5.26 Å². The molecule has 5 nitrogen and oxygen atoms in total. The van der Waals surface area contributed by atoms with Gasteiger partial charge in [0.1, 0.15) is 5.54 Å². The van der Waals surface area contributed by atoms with Crippen LogP contribution in [-0.2, 0) is 16.0 Å². The molecule has 1 aromatic rings. The van der Waals surface area contributed by atoms with E-state index in [0.717, 1.165) is 31.2 Å². The summed E-state index contributed by atoms with van der Waals surface area (Å²) >= 11 is 0. The smallest absolute Gasteiger partial charge is 0.338 e. The van der Waals surface area contributed by atoms with Gasteiger partial charge in [-0.05, 0) is 43.9 Å². The maximum atomic E-state index is 12.3. The van der Waals surface area contributed by atoms with Crippen LogP contribution in [0.25, 0.3) is 0 Å². The highest BCUT2D eigenvalue weighted by atomic mass is 16.5. The van der Waals surface area contributed by atoms with Gasteiger partial charge in [-0.3, -0.25) is 4.79 Å². The number of ether oxygens (including phenoxy) is 1. The number of amides is 1. The molecule has 0 heterocycles. The number of carbonyl (C=O) groups is 2. The van der Waals surface area contributed by atoms with Crippen molar-refractivity contribution in [1.29, 1.82) is 5.26 Å². The molecule has 2 rings (SSSR count). The van der Waals surface area contributed by atoms with Crippen LogP contribution >= 0.6 is 0 Å². The first-order valence-corrected chi connectivity index (χ1v) is 8.53. The van der Waals surface area contributed by atoms with E-state index in [9.17, 15) is 14.9 Å². The van der Waals surface area contributed by atoms with Crippen LogP contribution in [0, 0.1) is 11.3 Å². The molecule has 1 aliphatic carbocycles. The number of esters is 1. The second kappa shape index (κ2) is 7.96. The molecule has 128 valence electrons. The summed E-state index contributed by atoms with van der Waals surface area (Å²) in [7, 11) is 0. The van der Waals surface area contributed by atoms with Crippen molar-refractivity contribution in [2.45, 2.75) is 64.0 Å². The Labute approximate surface area is 143 Å². The number of rotatable bonds is 5. The average Bonchev–Trinajstić information content (AvgIpc) is 2.62. The first-order chi connectivity index (χ1) is 11.5. The van der Waals surface area contributed by atoms with Gasteiger partial charge in [0.25, 0.3) is 5.91 Å². The zero-order valence-electron chi connectivity index (χ0n) is 14.3. The number of hydrogen-bond donors (Lipinski definition) is 1. The lowest BCUT2D eigenvalue weighted by molar-refractivity contribution is -0.130. The molecule has 1 saturated carbocycles. The van der Waals surface area contributed by atoms with Gasteiger partial charge in [-0.15, -0.1) is 0 Å². The Morgan fingerprint density at radius 3 is 2.42 bits per heavy atom. The summed E-state index contributed by atoms with van der Waals surface area (Å²) in [4.78, 5) is 24.4. The second-order valence-corrected chi connectivity index (χ2v) is 6.34. The van der Waals surface area contributed by atoms with E-state index in [1.54, 1.807) is 12.1 Å². The van der Waals surface area contributed by atoms with E-state index in [4.69, 9.17) is 4.74 Å². The van der Waals surface area contributed by atoms with Crippen LogP contribution in [0.3, 0.4) is 0 Å². The molecule has 1 aliphatic rings. The molecule has 1 aromatic carbocycles. The number of hydrogen-bond acceptors (Lipinski definition) is 4. The third-order valence-corrected chi connectivity index (χ3v) is 4.53. The molecule has 1 fully saturated rings. The summed E-state index contributed by atoms with van der Waals surface area (Å²) in [6, 6.07) is 9.36. The quantitative estimate of drug-likeness (QED) is 0.842. The molecule has 1 unspecified atom stereocenters. The molecule has 1 amide bonds. The highest BCUT2D eigenvalue weighted by molar-refractivity contribution is 5.92. The Bertz CT molecular complexity index is 625. The summed E-state index contributed by atoms with van der Waals surface area (Å²) in [6.45, 7) is 3.57. The molecule has 0 saturated heterocycles. The topological polar surface area (TPSA) is 79.2 Å². The van der Waals surface area contributed by atoms with Crippen molar-refractivity contribution in [3.63, 3.8) is 0 Å². The Kier molecular flexibility index (Phi) is 5.97. The van der Waals surface area contributed by atoms with Crippen LogP contribution in [0.1, 0.15) is 61.9 Å². The third kappa shape index (κ3) is 4.35. The molecular weight excluding hydrogens is 304 g/mol. The van der Waals surface area contributed by atoms with Crippen molar-refractivity contribution in [2.24, 2.45) is 0 Å². The number of benzene rings is 1. The Hall–Kier alpha value is -2.35. The SMILES string of the molecule is CCc1ccc(C(=O)OC(C)C(=O)NC2(C#N)CCCCC2)cc1. The number of nitriles is 1. The van der Waals surface area contributed by atoms with Gasteiger partial charge in [-0.25, -0.2) is 4.79 Å². The lowest BCUT2D eigenvalue weighted by atomic mass is 9.83. The highest BCUT2D eigenvalue weighted by Crippen LogP contribution is 2.27. The zero-order chi connectivity index (χ0) is 17.6. The standard InChI is InChI=1S/C19H24N2O3/c1-3-15-7-9-16(10-8-15)18(23)24-14(2)17(22)21-19(13-20)11-5-4-6-12-19/h7-10,14H,3-6,11-12H2,1-2H3,(H,21,22). The van der Waals surface area contributed by atoms with E-state index in [1.165, 1.54) is 6.92 Å². The van der Waals surface area contributed by atoms with Crippen molar-refractivity contribution < 1.29 is 14.3 Å². The average molecular weight is 328 g/mol. The predicted molar refractivity (Wildman–Crippen MR) is 90.3 cm³/mol. The Balaban J connectivity index is 1.95. The van der Waals surface area contributed by atoms with Crippen molar-refractivity contribution in [3.8, 4) is 6.07 Å². The molecule has 24 heavy (non-hydrogen) atoms. The maximum absolute atomic E-state index is 12.3. The van der Waals surface area contributed by atoms with Gasteiger partial charge >= 0.3 is 5.97 Å². The van der Waals surface area contributed by atoms with E-state index in [-0.39, 0.29) is 0 Å². The van der Waals surface area contributed by atoms with Crippen LogP contribution < -0.4 is 5.32 Å². The highest BCUT2D eigenvalue weighted by Gasteiger charge is 2.35. The minimum atomic E-state index is -0.935. The molecule has 1 atom stereocenters. The predicted octanol–water partition coefficient (Wildman–Crippen LogP) is 3.14. The fourth-order valence-electron chi connectivity index (χ4n) is 2.92. The molecular formula is C19H24N2O3. The first kappa shape index (κ1) is 18.0. The fraction of sp³-hybridized carbons (Fsp3) is 0.526. The van der Waals surface area contributed by atoms with Gasteiger partial charge in [0.15, 0.2) is 6.10 Å². The van der Waals surface area contributed by atoms with Gasteiger partial charge < -0.3 is 10.1 Å². The van der Waals surface area contributed by atoms with Gasteiger partial charge in [0, 0.05) is 0 Å². The van der Waals surface area contributed by atoms with Gasteiger partial charge in [0.2, 0.25) is 0 Å². The Morgan fingerprint density at radius 1 is 1.25 bits per heavy atom. The largest absolute Gasteiger partial charge is 0.449 e. The van der Waals surface area contributed by atoms with Crippen molar-refractivity contribution in [3.05, 3.63) is 35.4 Å². The minimum absolute atomic E-state index is 0.416. The first-order valence-electron chi connectivity index (χ1n) is 8.53. The van der Waals surface area contributed by atoms with E-state index in [2.05, 4.69) is 11.4 Å². The molecule has 0 spiro atoms. The molecule has 5 heteroatoms. The maximum Gasteiger partial charge on any atom is 0.338 e. The molecule has 0 aliphatic heterocycles. The summed E-state index contributed by atoms with van der Waals surface area (Å²) in [5.41, 5.74) is 0.726. The van der Waals surface area contributed by atoms with Gasteiger partial charge in [-0.1, -0.05) is 38.3 Å². The summed E-state index contributed by atoms with van der Waals surface area (Å²) < 4.78 is 5.24. The zero-order valence-corrected chi connectivity index (χ0v) is 14.3. The van der Waals surface area contributed by atoms with Crippen molar-refractivity contribution in [2.75, 3.05) is 0 Å².